The molecule has 5 heteroatoms. The lowest BCUT2D eigenvalue weighted by atomic mass is 10.1. The van der Waals surface area contributed by atoms with Gasteiger partial charge in [-0.2, -0.15) is 0 Å². The van der Waals surface area contributed by atoms with Crippen LogP contribution in [-0.4, -0.2) is 41.2 Å². The van der Waals surface area contributed by atoms with Crippen molar-refractivity contribution in [2.75, 3.05) is 13.6 Å². The summed E-state index contributed by atoms with van der Waals surface area (Å²) in [6.07, 6.45) is 2.18. The van der Waals surface area contributed by atoms with E-state index in [2.05, 4.69) is 13.8 Å². The molecule has 0 bridgehead atoms. The van der Waals surface area contributed by atoms with E-state index in [1.165, 1.54) is 0 Å². The lowest BCUT2D eigenvalue weighted by Crippen LogP contribution is -2.38. The van der Waals surface area contributed by atoms with E-state index >= 15 is 0 Å². The molecule has 1 aliphatic heterocycles. The van der Waals surface area contributed by atoms with Gasteiger partial charge in [0.25, 0.3) is 0 Å². The molecule has 126 valence electrons. The monoisotopic (exact) mass is 336 g/mol. The van der Waals surface area contributed by atoms with Crippen molar-refractivity contribution in [2.45, 2.75) is 45.7 Å². The summed E-state index contributed by atoms with van der Waals surface area (Å²) in [4.78, 5) is 28.4. The molecular formula is C18H25ClN2O2. The molecule has 0 spiro atoms. The molecule has 1 aromatic rings. The van der Waals surface area contributed by atoms with Gasteiger partial charge in [-0.1, -0.05) is 43.6 Å². The molecule has 23 heavy (non-hydrogen) atoms. The number of likely N-dealkylation sites (tertiary alicyclic amines) is 1. The maximum absolute atomic E-state index is 12.7. The summed E-state index contributed by atoms with van der Waals surface area (Å²) in [6.45, 7) is 5.17. The van der Waals surface area contributed by atoms with E-state index in [0.717, 1.165) is 18.4 Å². The first-order chi connectivity index (χ1) is 11.0. The van der Waals surface area contributed by atoms with E-state index in [9.17, 15) is 9.59 Å². The summed E-state index contributed by atoms with van der Waals surface area (Å²) in [5.41, 5.74) is 0.922. The van der Waals surface area contributed by atoms with Crippen molar-refractivity contribution in [3.63, 3.8) is 0 Å². The standard InChI is InChI=1S/C18H25ClN2O2/c1-4-15(5-2)21-12-14(10-17(21)22)18(23)20(3)11-13-8-6-7-9-16(13)19/h6-9,14-15H,4-5,10-12H2,1-3H3. The molecule has 1 unspecified atom stereocenters. The van der Waals surface area contributed by atoms with E-state index in [1.54, 1.807) is 11.9 Å². The Morgan fingerprint density at radius 3 is 2.61 bits per heavy atom. The van der Waals surface area contributed by atoms with E-state index in [1.807, 2.05) is 29.2 Å². The molecule has 0 saturated carbocycles. The van der Waals surface area contributed by atoms with E-state index in [-0.39, 0.29) is 23.8 Å². The predicted octanol–water partition coefficient (Wildman–Crippen LogP) is 3.34. The Bertz CT molecular complexity index is 572. The lowest BCUT2D eigenvalue weighted by molar-refractivity contribution is -0.135. The number of halogens is 1. The second-order valence-corrected chi connectivity index (χ2v) is 6.61. The molecule has 1 heterocycles. The molecule has 1 aliphatic rings. The smallest absolute Gasteiger partial charge is 0.228 e. The van der Waals surface area contributed by atoms with Gasteiger partial charge in [-0.15, -0.1) is 0 Å². The summed E-state index contributed by atoms with van der Waals surface area (Å²) >= 11 is 6.16. The van der Waals surface area contributed by atoms with Crippen LogP contribution >= 0.6 is 11.6 Å². The first-order valence-electron chi connectivity index (χ1n) is 8.25. The van der Waals surface area contributed by atoms with E-state index in [0.29, 0.717) is 24.5 Å². The molecule has 1 fully saturated rings. The zero-order valence-corrected chi connectivity index (χ0v) is 14.8. The Balaban J connectivity index is 2.01. The summed E-state index contributed by atoms with van der Waals surface area (Å²) < 4.78 is 0. The molecule has 1 aromatic carbocycles. The minimum Gasteiger partial charge on any atom is -0.341 e. The highest BCUT2D eigenvalue weighted by Gasteiger charge is 2.37. The summed E-state index contributed by atoms with van der Waals surface area (Å²) in [6, 6.07) is 7.77. The largest absolute Gasteiger partial charge is 0.341 e. The zero-order valence-electron chi connectivity index (χ0n) is 14.1. The molecule has 0 aliphatic carbocycles. The first kappa shape index (κ1) is 17.8. The van der Waals surface area contributed by atoms with Crippen molar-refractivity contribution in [2.24, 2.45) is 5.92 Å². The van der Waals surface area contributed by atoms with Gasteiger partial charge in [0.2, 0.25) is 11.8 Å². The number of amides is 2. The normalized spacial score (nSPS) is 17.9. The molecule has 0 radical (unpaired) electrons. The molecular weight excluding hydrogens is 312 g/mol. The SMILES string of the molecule is CCC(CC)N1CC(C(=O)N(C)Cc2ccccc2Cl)CC1=O. The second kappa shape index (κ2) is 7.82. The number of carbonyl (C=O) groups is 2. The van der Waals surface area contributed by atoms with Crippen LogP contribution in [-0.2, 0) is 16.1 Å². The van der Waals surface area contributed by atoms with Crippen LogP contribution in [0.4, 0.5) is 0 Å². The van der Waals surface area contributed by atoms with Crippen LogP contribution in [0.15, 0.2) is 24.3 Å². The number of nitrogens with zero attached hydrogens (tertiary/aromatic N) is 2. The summed E-state index contributed by atoms with van der Waals surface area (Å²) in [5.74, 6) is -0.120. The fourth-order valence-electron chi connectivity index (χ4n) is 3.25. The number of hydrogen-bond acceptors (Lipinski definition) is 2. The highest BCUT2D eigenvalue weighted by Crippen LogP contribution is 2.25. The van der Waals surface area contributed by atoms with Crippen LogP contribution < -0.4 is 0 Å². The maximum Gasteiger partial charge on any atom is 0.228 e. The third kappa shape index (κ3) is 4.05. The number of rotatable bonds is 6. The van der Waals surface area contributed by atoms with Crippen LogP contribution in [0.3, 0.4) is 0 Å². The fraction of sp³-hybridized carbons (Fsp3) is 0.556. The highest BCUT2D eigenvalue weighted by atomic mass is 35.5. The highest BCUT2D eigenvalue weighted by molar-refractivity contribution is 6.31. The predicted molar refractivity (Wildman–Crippen MR) is 92.1 cm³/mol. The van der Waals surface area contributed by atoms with Crippen LogP contribution in [0.1, 0.15) is 38.7 Å². The van der Waals surface area contributed by atoms with Gasteiger partial charge in [0.15, 0.2) is 0 Å². The average Bonchev–Trinajstić information content (AvgIpc) is 2.92. The molecule has 0 aromatic heterocycles. The van der Waals surface area contributed by atoms with Crippen molar-refractivity contribution in [1.29, 1.82) is 0 Å². The van der Waals surface area contributed by atoms with Crippen molar-refractivity contribution in [3.8, 4) is 0 Å². The van der Waals surface area contributed by atoms with Gasteiger partial charge >= 0.3 is 0 Å². The number of carbonyl (C=O) groups excluding carboxylic acids is 2. The van der Waals surface area contributed by atoms with Crippen LogP contribution in [0, 0.1) is 5.92 Å². The summed E-state index contributed by atoms with van der Waals surface area (Å²) in [5, 5.41) is 0.660. The van der Waals surface area contributed by atoms with Crippen LogP contribution in [0.5, 0.6) is 0 Å². The second-order valence-electron chi connectivity index (χ2n) is 6.20. The fourth-order valence-corrected chi connectivity index (χ4v) is 3.45. The van der Waals surface area contributed by atoms with Gasteiger partial charge in [0, 0.05) is 37.6 Å². The van der Waals surface area contributed by atoms with Crippen molar-refractivity contribution in [3.05, 3.63) is 34.9 Å². The summed E-state index contributed by atoms with van der Waals surface area (Å²) in [7, 11) is 1.77. The molecule has 1 saturated heterocycles. The molecule has 0 N–H and O–H groups in total. The minimum atomic E-state index is -0.240. The zero-order chi connectivity index (χ0) is 17.0. The number of benzene rings is 1. The van der Waals surface area contributed by atoms with Crippen molar-refractivity contribution >= 4 is 23.4 Å². The minimum absolute atomic E-state index is 0.0201. The quantitative estimate of drug-likeness (QED) is 0.799. The Morgan fingerprint density at radius 2 is 2.00 bits per heavy atom. The van der Waals surface area contributed by atoms with Gasteiger partial charge in [-0.25, -0.2) is 0 Å². The Hall–Kier alpha value is -1.55. The Labute approximate surface area is 143 Å². The van der Waals surface area contributed by atoms with Crippen LogP contribution in [0.2, 0.25) is 5.02 Å². The third-order valence-electron chi connectivity index (χ3n) is 4.63. The van der Waals surface area contributed by atoms with Gasteiger partial charge in [0.05, 0.1) is 5.92 Å². The van der Waals surface area contributed by atoms with Gasteiger partial charge in [-0.05, 0) is 24.5 Å². The van der Waals surface area contributed by atoms with Crippen molar-refractivity contribution in [1.82, 2.24) is 9.80 Å². The first-order valence-corrected chi connectivity index (χ1v) is 8.63. The molecule has 2 amide bonds. The average molecular weight is 337 g/mol. The third-order valence-corrected chi connectivity index (χ3v) is 5.00. The Kier molecular flexibility index (Phi) is 6.05. The maximum atomic E-state index is 12.7. The van der Waals surface area contributed by atoms with Crippen LogP contribution in [0.25, 0.3) is 0 Å². The topological polar surface area (TPSA) is 40.6 Å². The van der Waals surface area contributed by atoms with Gasteiger partial charge < -0.3 is 9.80 Å². The molecule has 2 rings (SSSR count). The molecule has 4 nitrogen and oxygen atoms in total. The van der Waals surface area contributed by atoms with E-state index < -0.39 is 0 Å². The van der Waals surface area contributed by atoms with E-state index in [4.69, 9.17) is 11.6 Å². The van der Waals surface area contributed by atoms with Gasteiger partial charge in [-0.3, -0.25) is 9.59 Å². The van der Waals surface area contributed by atoms with Gasteiger partial charge in [0.1, 0.15) is 0 Å². The lowest BCUT2D eigenvalue weighted by Gasteiger charge is -2.27. The molecule has 1 atom stereocenters. The van der Waals surface area contributed by atoms with Crippen molar-refractivity contribution < 1.29 is 9.59 Å². The Morgan fingerprint density at radius 1 is 1.35 bits per heavy atom. The number of hydrogen-bond donors (Lipinski definition) is 0.